The minimum absolute atomic E-state index is 0.569. The molecule has 0 aliphatic heterocycles. The van der Waals surface area contributed by atoms with E-state index in [1.807, 2.05) is 13.8 Å². The standard InChI is InChI=1S/C11H23NO/c1-9-5-4-6-10(7-9)12-8-11(2,3)13/h9-10,12-13H,4-8H2,1-3H3/t9-,10-/m0/s1. The van der Waals surface area contributed by atoms with Crippen molar-refractivity contribution in [2.24, 2.45) is 5.92 Å². The fourth-order valence-electron chi connectivity index (χ4n) is 2.01. The van der Waals surface area contributed by atoms with Gasteiger partial charge in [0.2, 0.25) is 0 Å². The van der Waals surface area contributed by atoms with Crippen molar-refractivity contribution in [3.8, 4) is 0 Å². The Bertz CT molecular complexity index is 151. The highest BCUT2D eigenvalue weighted by Crippen LogP contribution is 2.23. The molecule has 0 amide bonds. The number of hydrogen-bond acceptors (Lipinski definition) is 2. The molecule has 0 aromatic heterocycles. The fraction of sp³-hybridized carbons (Fsp3) is 1.00. The zero-order valence-corrected chi connectivity index (χ0v) is 9.14. The molecule has 1 aliphatic carbocycles. The minimum atomic E-state index is -0.569. The Kier molecular flexibility index (Phi) is 3.74. The van der Waals surface area contributed by atoms with Gasteiger partial charge < -0.3 is 10.4 Å². The van der Waals surface area contributed by atoms with Gasteiger partial charge in [0, 0.05) is 12.6 Å². The van der Waals surface area contributed by atoms with Crippen molar-refractivity contribution < 1.29 is 5.11 Å². The van der Waals surface area contributed by atoms with Crippen LogP contribution in [0, 0.1) is 5.92 Å². The molecule has 0 bridgehead atoms. The second-order valence-electron chi connectivity index (χ2n) is 5.16. The van der Waals surface area contributed by atoms with E-state index >= 15 is 0 Å². The van der Waals surface area contributed by atoms with Gasteiger partial charge in [-0.3, -0.25) is 0 Å². The zero-order valence-electron chi connectivity index (χ0n) is 9.14. The quantitative estimate of drug-likeness (QED) is 0.704. The van der Waals surface area contributed by atoms with Crippen LogP contribution in [-0.4, -0.2) is 23.3 Å². The first kappa shape index (κ1) is 11.0. The van der Waals surface area contributed by atoms with Gasteiger partial charge in [0.15, 0.2) is 0 Å². The van der Waals surface area contributed by atoms with Crippen LogP contribution in [0.4, 0.5) is 0 Å². The first-order valence-electron chi connectivity index (χ1n) is 5.43. The average Bonchev–Trinajstić information content (AvgIpc) is 2.00. The van der Waals surface area contributed by atoms with Crippen molar-refractivity contribution in [3.05, 3.63) is 0 Å². The van der Waals surface area contributed by atoms with E-state index in [4.69, 9.17) is 0 Å². The summed E-state index contributed by atoms with van der Waals surface area (Å²) < 4.78 is 0. The molecular weight excluding hydrogens is 162 g/mol. The lowest BCUT2D eigenvalue weighted by Crippen LogP contribution is -2.42. The van der Waals surface area contributed by atoms with Gasteiger partial charge in [0.25, 0.3) is 0 Å². The Hall–Kier alpha value is -0.0800. The highest BCUT2D eigenvalue weighted by atomic mass is 16.3. The van der Waals surface area contributed by atoms with E-state index in [0.29, 0.717) is 12.6 Å². The van der Waals surface area contributed by atoms with Gasteiger partial charge in [0.1, 0.15) is 0 Å². The molecule has 2 heteroatoms. The van der Waals surface area contributed by atoms with Crippen molar-refractivity contribution >= 4 is 0 Å². The van der Waals surface area contributed by atoms with Gasteiger partial charge in [-0.25, -0.2) is 0 Å². The fourth-order valence-corrected chi connectivity index (χ4v) is 2.01. The lowest BCUT2D eigenvalue weighted by molar-refractivity contribution is 0.0733. The Balaban J connectivity index is 2.21. The number of hydrogen-bond donors (Lipinski definition) is 2. The van der Waals surface area contributed by atoms with Crippen molar-refractivity contribution in [2.45, 2.75) is 58.1 Å². The van der Waals surface area contributed by atoms with Gasteiger partial charge in [-0.15, -0.1) is 0 Å². The molecule has 0 heterocycles. The summed E-state index contributed by atoms with van der Waals surface area (Å²) in [6, 6.07) is 0.634. The number of nitrogens with one attached hydrogen (secondary N) is 1. The molecule has 1 rings (SSSR count). The normalized spacial score (nSPS) is 30.5. The summed E-state index contributed by atoms with van der Waals surface area (Å²) >= 11 is 0. The van der Waals surface area contributed by atoms with Crippen LogP contribution in [0.3, 0.4) is 0 Å². The van der Waals surface area contributed by atoms with E-state index < -0.39 is 5.60 Å². The Morgan fingerprint density at radius 1 is 1.38 bits per heavy atom. The lowest BCUT2D eigenvalue weighted by atomic mass is 9.87. The molecule has 2 N–H and O–H groups in total. The maximum atomic E-state index is 9.55. The van der Waals surface area contributed by atoms with E-state index in [0.717, 1.165) is 5.92 Å². The third-order valence-electron chi connectivity index (χ3n) is 2.76. The first-order valence-corrected chi connectivity index (χ1v) is 5.43. The third-order valence-corrected chi connectivity index (χ3v) is 2.76. The van der Waals surface area contributed by atoms with Gasteiger partial charge in [-0.05, 0) is 32.6 Å². The van der Waals surface area contributed by atoms with Crippen LogP contribution in [0.15, 0.2) is 0 Å². The zero-order chi connectivity index (χ0) is 9.90. The second-order valence-corrected chi connectivity index (χ2v) is 5.16. The Labute approximate surface area is 81.7 Å². The molecule has 2 atom stereocenters. The molecule has 0 unspecified atom stereocenters. The SMILES string of the molecule is C[C@H]1CCC[C@H](NCC(C)(C)O)C1. The maximum Gasteiger partial charge on any atom is 0.0715 e. The number of rotatable bonds is 3. The highest BCUT2D eigenvalue weighted by Gasteiger charge is 2.20. The van der Waals surface area contributed by atoms with Gasteiger partial charge in [-0.2, -0.15) is 0 Å². The molecule has 0 spiro atoms. The molecule has 1 aliphatic rings. The van der Waals surface area contributed by atoms with Crippen molar-refractivity contribution in [1.82, 2.24) is 5.32 Å². The monoisotopic (exact) mass is 185 g/mol. The van der Waals surface area contributed by atoms with Gasteiger partial charge >= 0.3 is 0 Å². The topological polar surface area (TPSA) is 32.3 Å². The maximum absolute atomic E-state index is 9.55. The predicted molar refractivity (Wildman–Crippen MR) is 55.7 cm³/mol. The molecule has 0 radical (unpaired) electrons. The predicted octanol–water partition coefficient (Wildman–Crippen LogP) is 1.93. The van der Waals surface area contributed by atoms with Gasteiger partial charge in [0.05, 0.1) is 5.60 Å². The van der Waals surface area contributed by atoms with Crippen LogP contribution >= 0.6 is 0 Å². The molecule has 78 valence electrons. The van der Waals surface area contributed by atoms with E-state index in [2.05, 4.69) is 12.2 Å². The molecular formula is C11H23NO. The van der Waals surface area contributed by atoms with E-state index in [-0.39, 0.29) is 0 Å². The molecule has 1 saturated carbocycles. The molecule has 1 fully saturated rings. The van der Waals surface area contributed by atoms with Gasteiger partial charge in [-0.1, -0.05) is 19.8 Å². The molecule has 0 saturated heterocycles. The van der Waals surface area contributed by atoms with Crippen molar-refractivity contribution in [1.29, 1.82) is 0 Å². The van der Waals surface area contributed by atoms with Crippen LogP contribution in [0.1, 0.15) is 46.5 Å². The smallest absolute Gasteiger partial charge is 0.0715 e. The van der Waals surface area contributed by atoms with Crippen LogP contribution in [0.2, 0.25) is 0 Å². The molecule has 0 aromatic rings. The van der Waals surface area contributed by atoms with E-state index in [1.165, 1.54) is 25.7 Å². The summed E-state index contributed by atoms with van der Waals surface area (Å²) in [5.74, 6) is 0.855. The van der Waals surface area contributed by atoms with Crippen LogP contribution in [0.5, 0.6) is 0 Å². The summed E-state index contributed by atoms with van der Waals surface area (Å²) in [6.45, 7) is 6.74. The summed E-state index contributed by atoms with van der Waals surface area (Å²) in [5, 5.41) is 13.0. The summed E-state index contributed by atoms with van der Waals surface area (Å²) in [7, 11) is 0. The lowest BCUT2D eigenvalue weighted by Gasteiger charge is -2.30. The van der Waals surface area contributed by atoms with Crippen molar-refractivity contribution in [2.75, 3.05) is 6.54 Å². The summed E-state index contributed by atoms with van der Waals surface area (Å²) in [6.07, 6.45) is 5.27. The first-order chi connectivity index (χ1) is 5.97. The summed E-state index contributed by atoms with van der Waals surface area (Å²) in [4.78, 5) is 0. The Morgan fingerprint density at radius 3 is 2.62 bits per heavy atom. The van der Waals surface area contributed by atoms with Crippen molar-refractivity contribution in [3.63, 3.8) is 0 Å². The van der Waals surface area contributed by atoms with E-state index in [9.17, 15) is 5.11 Å². The molecule has 13 heavy (non-hydrogen) atoms. The average molecular weight is 185 g/mol. The second kappa shape index (κ2) is 4.43. The van der Waals surface area contributed by atoms with Crippen LogP contribution in [-0.2, 0) is 0 Å². The molecule has 0 aromatic carbocycles. The third kappa shape index (κ3) is 4.63. The highest BCUT2D eigenvalue weighted by molar-refractivity contribution is 4.79. The van der Waals surface area contributed by atoms with Crippen LogP contribution in [0.25, 0.3) is 0 Å². The molecule has 2 nitrogen and oxygen atoms in total. The van der Waals surface area contributed by atoms with E-state index in [1.54, 1.807) is 0 Å². The largest absolute Gasteiger partial charge is 0.389 e. The van der Waals surface area contributed by atoms with Crippen LogP contribution < -0.4 is 5.32 Å². The summed E-state index contributed by atoms with van der Waals surface area (Å²) in [5.41, 5.74) is -0.569. The minimum Gasteiger partial charge on any atom is -0.389 e. The Morgan fingerprint density at radius 2 is 2.08 bits per heavy atom. The number of aliphatic hydroxyl groups is 1.